The highest BCUT2D eigenvalue weighted by atomic mass is 19.1. The average Bonchev–Trinajstić information content (AvgIpc) is 3.81. The summed E-state index contributed by atoms with van der Waals surface area (Å²) >= 11 is 0. The summed E-state index contributed by atoms with van der Waals surface area (Å²) in [5.74, 6) is -0.130. The van der Waals surface area contributed by atoms with Crippen LogP contribution in [0.3, 0.4) is 0 Å². The number of rotatable bonds is 3. The van der Waals surface area contributed by atoms with Gasteiger partial charge in [0, 0.05) is 47.6 Å². The van der Waals surface area contributed by atoms with E-state index in [9.17, 15) is 9.59 Å². The molecule has 11 heteroatoms. The van der Waals surface area contributed by atoms with E-state index in [1.165, 1.54) is 6.07 Å². The number of nitrogens with one attached hydrogen (secondary N) is 1. The number of nitrogens with two attached hydrogens (primary N) is 1. The number of hydrogen-bond donors (Lipinski definition) is 2. The number of carbonyl (C=O) groups excluding carboxylic acids is 2. The van der Waals surface area contributed by atoms with Crippen LogP contribution in [0.4, 0.5) is 4.39 Å². The Hall–Kier alpha value is -5.16. The predicted molar refractivity (Wildman–Crippen MR) is 200 cm³/mol. The van der Waals surface area contributed by atoms with Crippen LogP contribution in [0.15, 0.2) is 60.7 Å². The smallest absolute Gasteiger partial charge is 0.254 e. The first-order valence-electron chi connectivity index (χ1n) is 18.7. The molecule has 0 unspecified atom stereocenters. The van der Waals surface area contributed by atoms with Gasteiger partial charge >= 0.3 is 0 Å². The van der Waals surface area contributed by atoms with Gasteiger partial charge in [-0.05, 0) is 101 Å². The van der Waals surface area contributed by atoms with Crippen molar-refractivity contribution in [2.45, 2.75) is 95.9 Å². The molecule has 52 heavy (non-hydrogen) atoms. The molecule has 3 aliphatic rings. The summed E-state index contributed by atoms with van der Waals surface area (Å²) in [6.07, 6.45) is 6.93. The number of fused-ring (bicyclic) bond motifs is 4. The highest BCUT2D eigenvalue weighted by molar-refractivity contribution is 6.00. The first-order chi connectivity index (χ1) is 25.2. The number of hydrogen-bond acceptors (Lipinski definition) is 6. The summed E-state index contributed by atoms with van der Waals surface area (Å²) in [6.45, 7) is 5.22. The monoisotopic (exact) mass is 698 g/mol. The van der Waals surface area contributed by atoms with Gasteiger partial charge in [-0.1, -0.05) is 24.6 Å². The van der Waals surface area contributed by atoms with Gasteiger partial charge in [0.25, 0.3) is 11.8 Å². The minimum Gasteiger partial charge on any atom is -0.344 e. The van der Waals surface area contributed by atoms with E-state index < -0.39 is 5.82 Å². The van der Waals surface area contributed by atoms with Crippen LogP contribution in [0.25, 0.3) is 44.5 Å². The van der Waals surface area contributed by atoms with E-state index in [0.717, 1.165) is 84.0 Å². The normalized spacial score (nSPS) is 21.4. The summed E-state index contributed by atoms with van der Waals surface area (Å²) in [5, 5.41) is 5.08. The summed E-state index contributed by atoms with van der Waals surface area (Å²) in [5.41, 5.74) is 12.2. The van der Waals surface area contributed by atoms with Gasteiger partial charge in [0.2, 0.25) is 0 Å². The standard InChI is InChI=1S/C41H43FN8O2/c1-23-32-16-13-26-22-36(49(38(26)46-32)17-7-3-4-12-34-29(40(51)44-23)19-25-9-5-6-11-33(25)45-34)39-47-35-21-27(20-30(42)37(35)50(39)28-14-15-28)41(52)48-18-8-10-31(43)24(48)2/h5-6,9,11,13,16,19-24,28,31H,3-4,7-8,10,12,14-15,17-18,43H2,1-2H3,(H,44,51)/t23-,24-,31-/m1/s1. The third kappa shape index (κ3) is 5.62. The molecule has 1 saturated heterocycles. The van der Waals surface area contributed by atoms with E-state index in [-0.39, 0.29) is 36.0 Å². The Bertz CT molecular complexity index is 2390. The maximum atomic E-state index is 16.2. The van der Waals surface area contributed by atoms with Crippen LogP contribution in [0.1, 0.15) is 103 Å². The van der Waals surface area contributed by atoms with Crippen molar-refractivity contribution in [2.24, 2.45) is 5.73 Å². The lowest BCUT2D eigenvalue weighted by molar-refractivity contribution is 0.0604. The number of pyridine rings is 2. The molecule has 2 amide bonds. The van der Waals surface area contributed by atoms with Crippen LogP contribution in [0, 0.1) is 5.82 Å². The van der Waals surface area contributed by atoms with E-state index in [0.29, 0.717) is 47.5 Å². The van der Waals surface area contributed by atoms with Crippen LogP contribution < -0.4 is 11.1 Å². The molecule has 266 valence electrons. The first-order valence-corrected chi connectivity index (χ1v) is 18.7. The van der Waals surface area contributed by atoms with Crippen molar-refractivity contribution in [3.05, 3.63) is 89.0 Å². The van der Waals surface area contributed by atoms with Crippen molar-refractivity contribution in [3.8, 4) is 11.5 Å². The fourth-order valence-electron chi connectivity index (χ4n) is 8.23. The summed E-state index contributed by atoms with van der Waals surface area (Å²) in [4.78, 5) is 44.4. The van der Waals surface area contributed by atoms with Crippen LogP contribution in [0.2, 0.25) is 0 Å². The molecular formula is C41H43FN8O2. The third-order valence-corrected chi connectivity index (χ3v) is 11.3. The largest absolute Gasteiger partial charge is 0.344 e. The zero-order valence-electron chi connectivity index (χ0n) is 29.6. The molecular weight excluding hydrogens is 656 g/mol. The number of imidazole rings is 1. The van der Waals surface area contributed by atoms with Gasteiger partial charge in [-0.3, -0.25) is 14.6 Å². The van der Waals surface area contributed by atoms with Crippen molar-refractivity contribution >= 4 is 44.8 Å². The van der Waals surface area contributed by atoms with E-state index in [1.54, 1.807) is 11.0 Å². The van der Waals surface area contributed by atoms with E-state index in [4.69, 9.17) is 20.7 Å². The van der Waals surface area contributed by atoms with Crippen LogP contribution >= 0.6 is 0 Å². The lowest BCUT2D eigenvalue weighted by Gasteiger charge is -2.37. The van der Waals surface area contributed by atoms with Crippen molar-refractivity contribution in [2.75, 3.05) is 6.54 Å². The predicted octanol–water partition coefficient (Wildman–Crippen LogP) is 7.24. The molecule has 2 aromatic carbocycles. The van der Waals surface area contributed by atoms with Gasteiger partial charge < -0.3 is 25.1 Å². The summed E-state index contributed by atoms with van der Waals surface area (Å²) in [6, 6.07) is 18.6. The Morgan fingerprint density at radius 3 is 2.58 bits per heavy atom. The number of aryl methyl sites for hydroxylation is 2. The molecule has 6 heterocycles. The lowest BCUT2D eigenvalue weighted by Crippen LogP contribution is -2.52. The van der Waals surface area contributed by atoms with E-state index in [2.05, 4.69) is 16.0 Å². The zero-order valence-corrected chi connectivity index (χ0v) is 29.6. The van der Waals surface area contributed by atoms with Crippen molar-refractivity contribution in [1.29, 1.82) is 0 Å². The van der Waals surface area contributed by atoms with Crippen LogP contribution in [0.5, 0.6) is 0 Å². The molecule has 2 aliphatic heterocycles. The maximum Gasteiger partial charge on any atom is 0.254 e. The second-order valence-corrected chi connectivity index (χ2v) is 14.9. The molecule has 9 rings (SSSR count). The van der Waals surface area contributed by atoms with Gasteiger partial charge in [0.15, 0.2) is 5.82 Å². The molecule has 4 aromatic heterocycles. The Morgan fingerprint density at radius 2 is 1.73 bits per heavy atom. The van der Waals surface area contributed by atoms with Crippen LogP contribution in [-0.2, 0) is 13.0 Å². The molecule has 10 nitrogen and oxygen atoms in total. The first kappa shape index (κ1) is 32.7. The molecule has 6 aromatic rings. The van der Waals surface area contributed by atoms with Gasteiger partial charge in [0.05, 0.1) is 39.7 Å². The number of para-hydroxylation sites is 1. The van der Waals surface area contributed by atoms with E-state index in [1.807, 2.05) is 60.9 Å². The SMILES string of the molecule is C[C@@H]1[C@H](N)CCCN1C(=O)c1cc(F)c2c(c1)nc(-c1cc3ccc4nc3n1CCCCCc1nc3ccccc3cc1C(=O)N[C@@H]4C)n2C1CC1. The number of halogens is 1. The average molecular weight is 699 g/mol. The lowest BCUT2D eigenvalue weighted by atomic mass is 9.97. The molecule has 1 aliphatic carbocycles. The minimum atomic E-state index is -0.441. The Labute approximate surface area is 301 Å². The number of aromatic nitrogens is 5. The van der Waals surface area contributed by atoms with Crippen molar-refractivity contribution in [3.63, 3.8) is 0 Å². The summed E-state index contributed by atoms with van der Waals surface area (Å²) < 4.78 is 20.5. The third-order valence-electron chi connectivity index (χ3n) is 11.3. The molecule has 1 saturated carbocycles. The van der Waals surface area contributed by atoms with Gasteiger partial charge in [-0.25, -0.2) is 14.4 Å². The second-order valence-electron chi connectivity index (χ2n) is 14.9. The van der Waals surface area contributed by atoms with Crippen molar-refractivity contribution in [1.82, 2.24) is 34.3 Å². The molecule has 2 bridgehead atoms. The topological polar surface area (TPSA) is 124 Å². The molecule has 0 spiro atoms. The Morgan fingerprint density at radius 1 is 0.885 bits per heavy atom. The fraction of sp³-hybridized carbons (Fsp3) is 0.390. The number of amides is 2. The highest BCUT2D eigenvalue weighted by Gasteiger charge is 2.34. The Kier molecular flexibility index (Phi) is 8.06. The highest BCUT2D eigenvalue weighted by Crippen LogP contribution is 2.43. The summed E-state index contributed by atoms with van der Waals surface area (Å²) in [7, 11) is 0. The van der Waals surface area contributed by atoms with Gasteiger partial charge in [-0.15, -0.1) is 0 Å². The number of nitrogens with zero attached hydrogens (tertiary/aromatic N) is 6. The number of benzene rings is 2. The molecule has 2 fully saturated rings. The molecule has 3 atom stereocenters. The molecule has 3 N–H and O–H groups in total. The van der Waals surface area contributed by atoms with Gasteiger partial charge in [0.1, 0.15) is 17.0 Å². The van der Waals surface area contributed by atoms with Crippen molar-refractivity contribution < 1.29 is 14.0 Å². The maximum absolute atomic E-state index is 16.2. The zero-order chi connectivity index (χ0) is 35.7. The van der Waals surface area contributed by atoms with Crippen LogP contribution in [-0.4, -0.2) is 59.4 Å². The molecule has 0 radical (unpaired) electrons. The second kappa shape index (κ2) is 12.8. The quantitative estimate of drug-likeness (QED) is 0.201. The van der Waals surface area contributed by atoms with E-state index >= 15 is 4.39 Å². The Balaban J connectivity index is 1.12. The number of likely N-dealkylation sites (tertiary alicyclic amines) is 1. The van der Waals surface area contributed by atoms with Gasteiger partial charge in [-0.2, -0.15) is 0 Å². The minimum absolute atomic E-state index is 0.0992. The number of carbonyl (C=O) groups is 2. The number of piperidine rings is 1. The fourth-order valence-corrected chi connectivity index (χ4v) is 8.23.